The fraction of sp³-hybridized carbons (Fsp3) is 0.800. The summed E-state index contributed by atoms with van der Waals surface area (Å²) >= 11 is 0. The van der Waals surface area contributed by atoms with Crippen molar-refractivity contribution in [2.24, 2.45) is 5.92 Å². The van der Waals surface area contributed by atoms with Crippen molar-refractivity contribution in [2.75, 3.05) is 6.54 Å². The van der Waals surface area contributed by atoms with Crippen LogP contribution in [0.5, 0.6) is 0 Å². The number of likely N-dealkylation sites (tertiary alicyclic amines) is 2. The monoisotopic (exact) mass is 307 g/mol. The molecule has 2 amide bonds. The highest BCUT2D eigenvalue weighted by Crippen LogP contribution is 2.40. The van der Waals surface area contributed by atoms with Crippen LogP contribution in [-0.2, 0) is 4.79 Å². The average molecular weight is 307 g/mol. The van der Waals surface area contributed by atoms with Crippen LogP contribution in [0, 0.1) is 17.2 Å². The van der Waals surface area contributed by atoms with Crippen molar-refractivity contribution in [3.8, 4) is 6.07 Å². The molecular weight excluding hydrogens is 286 g/mol. The molecule has 2 N–H and O–H groups in total. The Kier molecular flexibility index (Phi) is 3.96. The Morgan fingerprint density at radius 1 is 1.18 bits per heavy atom. The normalized spacial score (nSPS) is 37.7. The molecule has 3 rings (SSSR count). The number of nitrogens with zero attached hydrogens (tertiary/aromatic N) is 3. The highest BCUT2D eigenvalue weighted by molar-refractivity contribution is 5.87. The standard InChI is InChI=1S/C15H21N3O4/c16-8-10-2-1-5-17(10)14(20)13-6-9-3-4-11(19)7-12(9)18(13)15(21)22/h9-13,19H,1-7H2,(H,21,22)/t9-,10+,11-,12-,13+/m1/s1. The summed E-state index contributed by atoms with van der Waals surface area (Å²) in [4.78, 5) is 27.2. The first-order valence-electron chi connectivity index (χ1n) is 7.92. The zero-order valence-electron chi connectivity index (χ0n) is 12.4. The molecule has 0 unspecified atom stereocenters. The van der Waals surface area contributed by atoms with E-state index in [0.717, 1.165) is 12.8 Å². The van der Waals surface area contributed by atoms with Crippen molar-refractivity contribution in [3.63, 3.8) is 0 Å². The number of aliphatic hydroxyl groups excluding tert-OH is 1. The quantitative estimate of drug-likeness (QED) is 0.745. The molecule has 1 saturated carbocycles. The maximum absolute atomic E-state index is 12.8. The highest BCUT2D eigenvalue weighted by Gasteiger charge is 2.50. The van der Waals surface area contributed by atoms with Gasteiger partial charge in [0.15, 0.2) is 0 Å². The summed E-state index contributed by atoms with van der Waals surface area (Å²) in [6, 6.07) is 0.716. The van der Waals surface area contributed by atoms with E-state index in [4.69, 9.17) is 5.26 Å². The predicted octanol–water partition coefficient (Wildman–Crippen LogP) is 0.783. The Morgan fingerprint density at radius 2 is 1.95 bits per heavy atom. The zero-order valence-corrected chi connectivity index (χ0v) is 12.4. The van der Waals surface area contributed by atoms with Gasteiger partial charge in [-0.15, -0.1) is 0 Å². The third-order valence-corrected chi connectivity index (χ3v) is 5.34. The summed E-state index contributed by atoms with van der Waals surface area (Å²) in [6.45, 7) is 0.527. The minimum absolute atomic E-state index is 0.136. The zero-order chi connectivity index (χ0) is 15.9. The van der Waals surface area contributed by atoms with Crippen LogP contribution in [0.3, 0.4) is 0 Å². The number of nitriles is 1. The lowest BCUT2D eigenvalue weighted by Gasteiger charge is -2.34. The van der Waals surface area contributed by atoms with Crippen molar-refractivity contribution in [1.82, 2.24) is 9.80 Å². The predicted molar refractivity (Wildman–Crippen MR) is 75.8 cm³/mol. The second-order valence-corrected chi connectivity index (χ2v) is 6.55. The summed E-state index contributed by atoms with van der Waals surface area (Å²) in [7, 11) is 0. The largest absolute Gasteiger partial charge is 0.465 e. The second-order valence-electron chi connectivity index (χ2n) is 6.55. The number of carboxylic acid groups (broad SMARTS) is 1. The van der Waals surface area contributed by atoms with Crippen LogP contribution in [0.25, 0.3) is 0 Å². The molecule has 0 radical (unpaired) electrons. The van der Waals surface area contributed by atoms with Crippen LogP contribution in [0.1, 0.15) is 38.5 Å². The van der Waals surface area contributed by atoms with Gasteiger partial charge >= 0.3 is 6.09 Å². The van der Waals surface area contributed by atoms with Crippen molar-refractivity contribution >= 4 is 12.0 Å². The van der Waals surface area contributed by atoms with Gasteiger partial charge in [0.05, 0.1) is 12.2 Å². The lowest BCUT2D eigenvalue weighted by atomic mass is 9.83. The Labute approximate surface area is 129 Å². The van der Waals surface area contributed by atoms with Gasteiger partial charge in [0.1, 0.15) is 12.1 Å². The lowest BCUT2D eigenvalue weighted by Crippen LogP contribution is -2.51. The fourth-order valence-electron chi connectivity index (χ4n) is 4.29. The summed E-state index contributed by atoms with van der Waals surface area (Å²) in [5.41, 5.74) is 0. The fourth-order valence-corrected chi connectivity index (χ4v) is 4.29. The van der Waals surface area contributed by atoms with E-state index in [1.165, 1.54) is 9.80 Å². The van der Waals surface area contributed by atoms with Crippen LogP contribution in [0.15, 0.2) is 0 Å². The molecule has 3 fully saturated rings. The molecule has 3 aliphatic rings. The van der Waals surface area contributed by atoms with Crippen LogP contribution in [0.2, 0.25) is 0 Å². The van der Waals surface area contributed by atoms with Crippen molar-refractivity contribution in [3.05, 3.63) is 0 Å². The molecule has 2 saturated heterocycles. The van der Waals surface area contributed by atoms with Crippen molar-refractivity contribution in [2.45, 2.75) is 62.8 Å². The molecule has 2 heterocycles. The average Bonchev–Trinajstić information content (AvgIpc) is 3.09. The minimum atomic E-state index is -1.10. The molecule has 0 aromatic heterocycles. The molecular formula is C15H21N3O4. The number of aliphatic hydroxyl groups is 1. The molecule has 0 aromatic carbocycles. The first-order valence-corrected chi connectivity index (χ1v) is 7.92. The van der Waals surface area contributed by atoms with Gasteiger partial charge in [-0.05, 0) is 44.4 Å². The maximum atomic E-state index is 12.8. The van der Waals surface area contributed by atoms with Crippen LogP contribution >= 0.6 is 0 Å². The highest BCUT2D eigenvalue weighted by atomic mass is 16.4. The van der Waals surface area contributed by atoms with E-state index in [-0.39, 0.29) is 17.9 Å². The van der Waals surface area contributed by atoms with Gasteiger partial charge in [-0.3, -0.25) is 9.69 Å². The van der Waals surface area contributed by atoms with Gasteiger partial charge in [0.2, 0.25) is 5.91 Å². The maximum Gasteiger partial charge on any atom is 0.408 e. The summed E-state index contributed by atoms with van der Waals surface area (Å²) in [5, 5.41) is 28.5. The number of hydrogen-bond donors (Lipinski definition) is 2. The first-order chi connectivity index (χ1) is 10.5. The Balaban J connectivity index is 1.81. The smallest absolute Gasteiger partial charge is 0.408 e. The van der Waals surface area contributed by atoms with Crippen LogP contribution < -0.4 is 0 Å². The Hall–Kier alpha value is -1.81. The SMILES string of the molecule is N#C[C@@H]1CCCN1C(=O)[C@@H]1C[C@H]2CC[C@@H](O)C[C@H]2N1C(=O)O. The molecule has 120 valence electrons. The third-order valence-electron chi connectivity index (χ3n) is 5.34. The number of carbonyl (C=O) groups is 2. The van der Waals surface area contributed by atoms with Gasteiger partial charge in [-0.25, -0.2) is 4.79 Å². The molecule has 5 atom stereocenters. The van der Waals surface area contributed by atoms with Crippen LogP contribution in [-0.4, -0.2) is 62.8 Å². The van der Waals surface area contributed by atoms with Crippen LogP contribution in [0.4, 0.5) is 4.79 Å². The van der Waals surface area contributed by atoms with Gasteiger partial charge in [-0.2, -0.15) is 5.26 Å². The van der Waals surface area contributed by atoms with E-state index in [1.54, 1.807) is 0 Å². The molecule has 22 heavy (non-hydrogen) atoms. The Morgan fingerprint density at radius 3 is 2.64 bits per heavy atom. The summed E-state index contributed by atoms with van der Waals surface area (Å²) < 4.78 is 0. The molecule has 7 heteroatoms. The summed E-state index contributed by atoms with van der Waals surface area (Å²) in [5.74, 6) is -0.105. The molecule has 7 nitrogen and oxygen atoms in total. The topological polar surface area (TPSA) is 105 Å². The number of hydrogen-bond acceptors (Lipinski definition) is 4. The van der Waals surface area contributed by atoms with E-state index < -0.39 is 24.3 Å². The van der Waals surface area contributed by atoms with Crippen molar-refractivity contribution < 1.29 is 19.8 Å². The minimum Gasteiger partial charge on any atom is -0.465 e. The number of fused-ring (bicyclic) bond motifs is 1. The van der Waals surface area contributed by atoms with Gasteiger partial charge in [0, 0.05) is 12.6 Å². The second kappa shape index (κ2) is 5.76. The van der Waals surface area contributed by atoms with E-state index in [2.05, 4.69) is 6.07 Å². The molecule has 0 bridgehead atoms. The van der Waals surface area contributed by atoms with Gasteiger partial charge in [-0.1, -0.05) is 0 Å². The van der Waals surface area contributed by atoms with E-state index in [0.29, 0.717) is 32.2 Å². The first kappa shape index (κ1) is 15.1. The summed E-state index contributed by atoms with van der Waals surface area (Å²) in [6.07, 6.45) is 2.19. The van der Waals surface area contributed by atoms with Gasteiger partial charge in [0.25, 0.3) is 0 Å². The van der Waals surface area contributed by atoms with Gasteiger partial charge < -0.3 is 15.1 Å². The number of amides is 2. The number of rotatable bonds is 1. The molecule has 2 aliphatic heterocycles. The Bertz CT molecular complexity index is 517. The molecule has 0 aromatic rings. The lowest BCUT2D eigenvalue weighted by molar-refractivity contribution is -0.135. The number of carbonyl (C=O) groups excluding carboxylic acids is 1. The van der Waals surface area contributed by atoms with E-state index in [1.807, 2.05) is 0 Å². The van der Waals surface area contributed by atoms with E-state index >= 15 is 0 Å². The molecule has 0 spiro atoms. The third kappa shape index (κ3) is 2.41. The molecule has 1 aliphatic carbocycles. The van der Waals surface area contributed by atoms with Crippen molar-refractivity contribution in [1.29, 1.82) is 5.26 Å². The van der Waals surface area contributed by atoms with E-state index in [9.17, 15) is 19.8 Å².